The van der Waals surface area contributed by atoms with E-state index in [0.717, 1.165) is 45.2 Å². The zero-order valence-corrected chi connectivity index (χ0v) is 15.0. The van der Waals surface area contributed by atoms with Gasteiger partial charge in [0, 0.05) is 30.6 Å². The highest BCUT2D eigenvalue weighted by Gasteiger charge is 2.33. The number of carbonyl (C=O) groups is 2. The van der Waals surface area contributed by atoms with Gasteiger partial charge >= 0.3 is 0 Å². The van der Waals surface area contributed by atoms with E-state index in [1.807, 2.05) is 21.8 Å². The standard InChI is InChI=1S/C20H22N2O2S/c23-19(17-8-7-15-5-1-2-6-16(15)13-17)22-11-12-25-14-18(22)20(24)21-9-3-4-10-21/h1-2,5-6,11-12,14,17H,3-4,7-10,13H2. The maximum absolute atomic E-state index is 13.1. The molecular weight excluding hydrogens is 332 g/mol. The van der Waals surface area contributed by atoms with Gasteiger partial charge in [0.15, 0.2) is 0 Å². The van der Waals surface area contributed by atoms with Crippen molar-refractivity contribution < 1.29 is 9.59 Å². The fourth-order valence-corrected chi connectivity index (χ4v) is 4.48. The Kier molecular flexibility index (Phi) is 4.66. The molecule has 1 unspecified atom stereocenters. The highest BCUT2D eigenvalue weighted by atomic mass is 32.2. The molecule has 4 rings (SSSR count). The lowest BCUT2D eigenvalue weighted by Gasteiger charge is -2.31. The maximum atomic E-state index is 13.1. The SMILES string of the molecule is O=C(C1=CSC=CN1C(=O)C1CCc2ccccc2C1)N1CCCC1. The average Bonchev–Trinajstić information content (AvgIpc) is 3.21. The van der Waals surface area contributed by atoms with E-state index in [9.17, 15) is 9.59 Å². The number of hydrogen-bond acceptors (Lipinski definition) is 3. The van der Waals surface area contributed by atoms with Crippen LogP contribution in [0.4, 0.5) is 0 Å². The zero-order chi connectivity index (χ0) is 17.2. The van der Waals surface area contributed by atoms with E-state index in [0.29, 0.717) is 5.70 Å². The number of thioether (sulfide) groups is 1. The van der Waals surface area contributed by atoms with Crippen LogP contribution in [0.1, 0.15) is 30.4 Å². The Hall–Kier alpha value is -2.01. The lowest BCUT2D eigenvalue weighted by atomic mass is 9.83. The molecule has 130 valence electrons. The van der Waals surface area contributed by atoms with Gasteiger partial charge in [-0.25, -0.2) is 0 Å². The first-order chi connectivity index (χ1) is 12.2. The highest BCUT2D eigenvalue weighted by Crippen LogP contribution is 2.30. The van der Waals surface area contributed by atoms with E-state index < -0.39 is 0 Å². The summed E-state index contributed by atoms with van der Waals surface area (Å²) in [6, 6.07) is 8.35. The van der Waals surface area contributed by atoms with E-state index in [1.54, 1.807) is 11.1 Å². The first kappa shape index (κ1) is 16.5. The lowest BCUT2D eigenvalue weighted by molar-refractivity contribution is -0.136. The topological polar surface area (TPSA) is 40.6 Å². The predicted octanol–water partition coefficient (Wildman–Crippen LogP) is 3.30. The van der Waals surface area contributed by atoms with Crippen LogP contribution in [0.15, 0.2) is 47.0 Å². The second-order valence-corrected chi connectivity index (χ2v) is 7.62. The number of hydrogen-bond donors (Lipinski definition) is 0. The van der Waals surface area contributed by atoms with Crippen LogP contribution in [0.2, 0.25) is 0 Å². The third-order valence-electron chi connectivity index (χ3n) is 5.27. The Morgan fingerprint density at radius 3 is 2.64 bits per heavy atom. The summed E-state index contributed by atoms with van der Waals surface area (Å²) >= 11 is 1.46. The van der Waals surface area contributed by atoms with Gasteiger partial charge in [-0.2, -0.15) is 0 Å². The van der Waals surface area contributed by atoms with Crippen LogP contribution >= 0.6 is 11.8 Å². The van der Waals surface area contributed by atoms with E-state index in [-0.39, 0.29) is 17.7 Å². The van der Waals surface area contributed by atoms with Crippen LogP contribution in [0.3, 0.4) is 0 Å². The van der Waals surface area contributed by atoms with Crippen molar-refractivity contribution >= 4 is 23.6 Å². The number of amides is 2. The van der Waals surface area contributed by atoms with Gasteiger partial charge < -0.3 is 4.90 Å². The van der Waals surface area contributed by atoms with Gasteiger partial charge in [0.2, 0.25) is 5.91 Å². The second-order valence-electron chi connectivity index (χ2n) is 6.84. The van der Waals surface area contributed by atoms with Crippen molar-refractivity contribution in [3.63, 3.8) is 0 Å². The largest absolute Gasteiger partial charge is 0.337 e. The number of benzene rings is 1. The maximum Gasteiger partial charge on any atom is 0.271 e. The molecule has 0 N–H and O–H groups in total. The molecule has 1 aromatic carbocycles. The van der Waals surface area contributed by atoms with Crippen molar-refractivity contribution in [2.24, 2.45) is 5.92 Å². The van der Waals surface area contributed by atoms with E-state index in [2.05, 4.69) is 18.2 Å². The molecule has 4 nitrogen and oxygen atoms in total. The Labute approximate surface area is 152 Å². The minimum absolute atomic E-state index is 0.0149. The molecule has 25 heavy (non-hydrogen) atoms. The zero-order valence-electron chi connectivity index (χ0n) is 14.2. The molecule has 1 fully saturated rings. The van der Waals surface area contributed by atoms with Gasteiger partial charge in [0.25, 0.3) is 5.91 Å². The normalized spacial score (nSPS) is 22.6. The van der Waals surface area contributed by atoms with Crippen molar-refractivity contribution in [2.75, 3.05) is 13.1 Å². The van der Waals surface area contributed by atoms with E-state index >= 15 is 0 Å². The molecule has 0 bridgehead atoms. The number of aryl methyl sites for hydroxylation is 1. The molecular formula is C20H22N2O2S. The average molecular weight is 354 g/mol. The molecule has 1 saturated heterocycles. The molecule has 1 aromatic rings. The van der Waals surface area contributed by atoms with Gasteiger partial charge in [-0.05, 0) is 48.6 Å². The van der Waals surface area contributed by atoms with Gasteiger partial charge in [-0.3, -0.25) is 14.5 Å². The van der Waals surface area contributed by atoms with E-state index in [1.165, 1.54) is 22.9 Å². The Balaban J connectivity index is 1.52. The van der Waals surface area contributed by atoms with Crippen molar-refractivity contribution in [3.8, 4) is 0 Å². The summed E-state index contributed by atoms with van der Waals surface area (Å²) in [6.45, 7) is 1.59. The summed E-state index contributed by atoms with van der Waals surface area (Å²) in [7, 11) is 0. The summed E-state index contributed by atoms with van der Waals surface area (Å²) in [4.78, 5) is 29.4. The van der Waals surface area contributed by atoms with E-state index in [4.69, 9.17) is 0 Å². The smallest absolute Gasteiger partial charge is 0.271 e. The van der Waals surface area contributed by atoms with Crippen LogP contribution in [0.5, 0.6) is 0 Å². The number of likely N-dealkylation sites (tertiary alicyclic amines) is 1. The van der Waals surface area contributed by atoms with Crippen LogP contribution in [-0.4, -0.2) is 34.7 Å². The van der Waals surface area contributed by atoms with Crippen LogP contribution in [-0.2, 0) is 22.4 Å². The fraction of sp³-hybridized carbons (Fsp3) is 0.400. The van der Waals surface area contributed by atoms with Crippen molar-refractivity contribution in [1.29, 1.82) is 0 Å². The van der Waals surface area contributed by atoms with Crippen molar-refractivity contribution in [1.82, 2.24) is 9.80 Å². The molecule has 2 heterocycles. The molecule has 1 atom stereocenters. The number of fused-ring (bicyclic) bond motifs is 1. The van der Waals surface area contributed by atoms with Gasteiger partial charge in [-0.15, -0.1) is 11.8 Å². The minimum Gasteiger partial charge on any atom is -0.337 e. The number of rotatable bonds is 2. The first-order valence-corrected chi connectivity index (χ1v) is 9.90. The Morgan fingerprint density at radius 1 is 1.08 bits per heavy atom. The second kappa shape index (κ2) is 7.08. The third-order valence-corrected chi connectivity index (χ3v) is 5.91. The predicted molar refractivity (Wildman–Crippen MR) is 99.4 cm³/mol. The molecule has 0 aromatic heterocycles. The summed E-state index contributed by atoms with van der Waals surface area (Å²) < 4.78 is 0. The van der Waals surface area contributed by atoms with Gasteiger partial charge in [-0.1, -0.05) is 24.3 Å². The summed E-state index contributed by atoms with van der Waals surface area (Å²) in [5.74, 6) is -0.0267. The molecule has 0 saturated carbocycles. The molecule has 0 spiro atoms. The first-order valence-electron chi connectivity index (χ1n) is 8.95. The highest BCUT2D eigenvalue weighted by molar-refractivity contribution is 8.05. The van der Waals surface area contributed by atoms with Gasteiger partial charge in [0.1, 0.15) is 5.70 Å². The van der Waals surface area contributed by atoms with Crippen molar-refractivity contribution in [2.45, 2.75) is 32.1 Å². The summed E-state index contributed by atoms with van der Waals surface area (Å²) in [5, 5.41) is 3.69. The summed E-state index contributed by atoms with van der Waals surface area (Å²) in [6.07, 6.45) is 6.40. The Morgan fingerprint density at radius 2 is 1.84 bits per heavy atom. The molecule has 3 aliphatic rings. The van der Waals surface area contributed by atoms with Crippen LogP contribution in [0.25, 0.3) is 0 Å². The molecule has 1 aliphatic carbocycles. The lowest BCUT2D eigenvalue weighted by Crippen LogP contribution is -2.41. The van der Waals surface area contributed by atoms with Crippen molar-refractivity contribution in [3.05, 3.63) is 58.1 Å². The quantitative estimate of drug-likeness (QED) is 0.818. The molecule has 2 aliphatic heterocycles. The van der Waals surface area contributed by atoms with Crippen LogP contribution < -0.4 is 0 Å². The fourth-order valence-electron chi connectivity index (χ4n) is 3.87. The summed E-state index contributed by atoms with van der Waals surface area (Å²) in [5.41, 5.74) is 3.12. The molecule has 0 radical (unpaired) electrons. The monoisotopic (exact) mass is 354 g/mol. The molecule has 5 heteroatoms. The number of carbonyl (C=O) groups excluding carboxylic acids is 2. The third kappa shape index (κ3) is 3.25. The Bertz CT molecular complexity index is 750. The number of nitrogens with zero attached hydrogens (tertiary/aromatic N) is 2. The van der Waals surface area contributed by atoms with Gasteiger partial charge in [0.05, 0.1) is 0 Å². The molecule has 2 amide bonds. The van der Waals surface area contributed by atoms with Crippen LogP contribution in [0, 0.1) is 5.92 Å². The minimum atomic E-state index is -0.0579.